The third kappa shape index (κ3) is 1.07. The average Bonchev–Trinajstić information content (AvgIpc) is 2.12. The molecule has 8 heavy (non-hydrogen) atoms. The highest BCUT2D eigenvalue weighted by Gasteiger charge is 1.90. The standard InChI is InChI=1S/C6H9NS/c1-6(8)7-4-2-3-5-7/h2-6,8H,1H3. The molecule has 0 aliphatic carbocycles. The molecule has 0 radical (unpaired) electrons. The van der Waals surface area contributed by atoms with Crippen LogP contribution in [0.15, 0.2) is 24.5 Å². The first-order chi connectivity index (χ1) is 3.80. The zero-order chi connectivity index (χ0) is 5.98. The van der Waals surface area contributed by atoms with E-state index >= 15 is 0 Å². The zero-order valence-electron chi connectivity index (χ0n) is 4.78. The molecule has 1 unspecified atom stereocenters. The fourth-order valence-electron chi connectivity index (χ4n) is 0.597. The molecule has 1 aromatic rings. The maximum Gasteiger partial charge on any atom is 0.0730 e. The minimum atomic E-state index is 0.296. The lowest BCUT2D eigenvalue weighted by Crippen LogP contribution is -1.91. The van der Waals surface area contributed by atoms with Gasteiger partial charge in [-0.15, -0.1) is 0 Å². The van der Waals surface area contributed by atoms with Crippen molar-refractivity contribution in [3.05, 3.63) is 24.5 Å². The average molecular weight is 127 g/mol. The Kier molecular flexibility index (Phi) is 1.63. The van der Waals surface area contributed by atoms with E-state index in [9.17, 15) is 0 Å². The monoisotopic (exact) mass is 127 g/mol. The second-order valence-corrected chi connectivity index (χ2v) is 2.51. The van der Waals surface area contributed by atoms with Crippen LogP contribution < -0.4 is 0 Å². The molecule has 1 atom stereocenters. The molecule has 0 aliphatic rings. The van der Waals surface area contributed by atoms with Crippen LogP contribution in [0, 0.1) is 0 Å². The summed E-state index contributed by atoms with van der Waals surface area (Å²) < 4.78 is 2.03. The maximum atomic E-state index is 4.22. The normalized spacial score (nSPS) is 13.8. The molecule has 1 aromatic heterocycles. The summed E-state index contributed by atoms with van der Waals surface area (Å²) in [5, 5.41) is 0.296. The number of hydrogen-bond acceptors (Lipinski definition) is 1. The van der Waals surface area contributed by atoms with Crippen LogP contribution in [0.25, 0.3) is 0 Å². The molecule has 0 amide bonds. The number of thiol groups is 1. The molecule has 0 saturated heterocycles. The van der Waals surface area contributed by atoms with Crippen molar-refractivity contribution in [3.63, 3.8) is 0 Å². The van der Waals surface area contributed by atoms with Crippen molar-refractivity contribution in [2.75, 3.05) is 0 Å². The summed E-state index contributed by atoms with van der Waals surface area (Å²) in [7, 11) is 0. The molecular formula is C6H9NS. The Balaban J connectivity index is 2.77. The van der Waals surface area contributed by atoms with E-state index in [1.807, 2.05) is 36.0 Å². The Morgan fingerprint density at radius 1 is 1.38 bits per heavy atom. The second kappa shape index (κ2) is 2.27. The van der Waals surface area contributed by atoms with Gasteiger partial charge in [-0.3, -0.25) is 0 Å². The first kappa shape index (κ1) is 5.76. The van der Waals surface area contributed by atoms with Gasteiger partial charge >= 0.3 is 0 Å². The highest BCUT2D eigenvalue weighted by Crippen LogP contribution is 2.07. The highest BCUT2D eigenvalue weighted by molar-refractivity contribution is 7.80. The lowest BCUT2D eigenvalue weighted by atomic mass is 10.7. The molecule has 0 aromatic carbocycles. The fraction of sp³-hybridized carbons (Fsp3) is 0.333. The number of hydrogen-bond donors (Lipinski definition) is 1. The molecule has 0 bridgehead atoms. The van der Waals surface area contributed by atoms with Gasteiger partial charge in [0.25, 0.3) is 0 Å². The quantitative estimate of drug-likeness (QED) is 0.550. The van der Waals surface area contributed by atoms with Gasteiger partial charge in [-0.25, -0.2) is 0 Å². The molecule has 0 saturated carbocycles. The minimum Gasteiger partial charge on any atom is -0.343 e. The van der Waals surface area contributed by atoms with E-state index in [-0.39, 0.29) is 0 Å². The van der Waals surface area contributed by atoms with Crippen molar-refractivity contribution < 1.29 is 0 Å². The van der Waals surface area contributed by atoms with Crippen molar-refractivity contribution in [2.24, 2.45) is 0 Å². The first-order valence-corrected chi connectivity index (χ1v) is 3.13. The molecule has 1 heterocycles. The molecular weight excluding hydrogens is 118 g/mol. The molecule has 0 N–H and O–H groups in total. The summed E-state index contributed by atoms with van der Waals surface area (Å²) >= 11 is 4.22. The SMILES string of the molecule is CC(S)n1cccc1. The third-order valence-corrected chi connectivity index (χ3v) is 1.33. The zero-order valence-corrected chi connectivity index (χ0v) is 5.68. The van der Waals surface area contributed by atoms with Gasteiger partial charge in [-0.05, 0) is 19.1 Å². The van der Waals surface area contributed by atoms with Gasteiger partial charge in [0.1, 0.15) is 0 Å². The number of rotatable bonds is 1. The summed E-state index contributed by atoms with van der Waals surface area (Å²) in [5.41, 5.74) is 0. The van der Waals surface area contributed by atoms with Gasteiger partial charge in [0.05, 0.1) is 5.37 Å². The third-order valence-electron chi connectivity index (χ3n) is 1.06. The van der Waals surface area contributed by atoms with E-state index in [1.54, 1.807) is 0 Å². The molecule has 44 valence electrons. The van der Waals surface area contributed by atoms with Crippen LogP contribution in [0.2, 0.25) is 0 Å². The highest BCUT2D eigenvalue weighted by atomic mass is 32.1. The summed E-state index contributed by atoms with van der Waals surface area (Å²) in [5.74, 6) is 0. The van der Waals surface area contributed by atoms with Crippen molar-refractivity contribution in [1.82, 2.24) is 4.57 Å². The van der Waals surface area contributed by atoms with Gasteiger partial charge in [0.15, 0.2) is 0 Å². The van der Waals surface area contributed by atoms with Crippen LogP contribution in [0.1, 0.15) is 12.3 Å². The molecule has 0 spiro atoms. The Hall–Kier alpha value is -0.370. The Morgan fingerprint density at radius 2 is 1.88 bits per heavy atom. The van der Waals surface area contributed by atoms with Crippen molar-refractivity contribution in [1.29, 1.82) is 0 Å². The predicted octanol–water partition coefficient (Wildman–Crippen LogP) is 1.94. The van der Waals surface area contributed by atoms with E-state index in [1.165, 1.54) is 0 Å². The van der Waals surface area contributed by atoms with Gasteiger partial charge < -0.3 is 4.57 Å². The van der Waals surface area contributed by atoms with Crippen molar-refractivity contribution in [2.45, 2.75) is 12.3 Å². The predicted molar refractivity (Wildman–Crippen MR) is 38.1 cm³/mol. The van der Waals surface area contributed by atoms with Gasteiger partial charge in [0, 0.05) is 12.4 Å². The lowest BCUT2D eigenvalue weighted by Gasteiger charge is -2.03. The van der Waals surface area contributed by atoms with Crippen molar-refractivity contribution in [3.8, 4) is 0 Å². The number of aromatic nitrogens is 1. The van der Waals surface area contributed by atoms with E-state index < -0.39 is 0 Å². The Morgan fingerprint density at radius 3 is 2.12 bits per heavy atom. The topological polar surface area (TPSA) is 4.93 Å². The summed E-state index contributed by atoms with van der Waals surface area (Å²) in [4.78, 5) is 0. The van der Waals surface area contributed by atoms with E-state index in [0.29, 0.717) is 5.37 Å². The lowest BCUT2D eigenvalue weighted by molar-refractivity contribution is 0.751. The van der Waals surface area contributed by atoms with E-state index in [2.05, 4.69) is 12.6 Å². The summed E-state index contributed by atoms with van der Waals surface area (Å²) in [6.45, 7) is 2.03. The van der Waals surface area contributed by atoms with Crippen molar-refractivity contribution >= 4 is 12.6 Å². The summed E-state index contributed by atoms with van der Waals surface area (Å²) in [6, 6.07) is 3.99. The molecule has 0 aliphatic heterocycles. The smallest absolute Gasteiger partial charge is 0.0730 e. The van der Waals surface area contributed by atoms with Crippen LogP contribution in [-0.2, 0) is 0 Å². The molecule has 1 rings (SSSR count). The van der Waals surface area contributed by atoms with Crippen LogP contribution >= 0.6 is 12.6 Å². The molecule has 2 heteroatoms. The molecule has 1 nitrogen and oxygen atoms in total. The van der Waals surface area contributed by atoms with Crippen LogP contribution in [0.4, 0.5) is 0 Å². The minimum absolute atomic E-state index is 0.296. The molecule has 0 fully saturated rings. The van der Waals surface area contributed by atoms with E-state index in [0.717, 1.165) is 0 Å². The van der Waals surface area contributed by atoms with E-state index in [4.69, 9.17) is 0 Å². The summed E-state index contributed by atoms with van der Waals surface area (Å²) in [6.07, 6.45) is 4.00. The fourth-order valence-corrected chi connectivity index (χ4v) is 0.751. The van der Waals surface area contributed by atoms with Gasteiger partial charge in [-0.2, -0.15) is 12.6 Å². The van der Waals surface area contributed by atoms with Crippen LogP contribution in [0.5, 0.6) is 0 Å². The largest absolute Gasteiger partial charge is 0.343 e. The first-order valence-electron chi connectivity index (χ1n) is 2.61. The van der Waals surface area contributed by atoms with Crippen LogP contribution in [0.3, 0.4) is 0 Å². The van der Waals surface area contributed by atoms with Gasteiger partial charge in [0.2, 0.25) is 0 Å². The number of nitrogens with zero attached hydrogens (tertiary/aromatic N) is 1. The Labute approximate surface area is 54.7 Å². The Bertz CT molecular complexity index is 144. The maximum absolute atomic E-state index is 4.22. The van der Waals surface area contributed by atoms with Gasteiger partial charge in [-0.1, -0.05) is 0 Å². The van der Waals surface area contributed by atoms with Crippen LogP contribution in [-0.4, -0.2) is 4.57 Å². The second-order valence-electron chi connectivity index (χ2n) is 1.76.